The highest BCUT2D eigenvalue weighted by Gasteiger charge is 2.16. The van der Waals surface area contributed by atoms with Gasteiger partial charge in [-0.3, -0.25) is 9.89 Å². The number of hydrogen-bond donors (Lipinski definition) is 3. The van der Waals surface area contributed by atoms with Crippen molar-refractivity contribution in [3.63, 3.8) is 0 Å². The quantitative estimate of drug-likeness (QED) is 0.673. The van der Waals surface area contributed by atoms with Crippen LogP contribution < -0.4 is 11.1 Å². The van der Waals surface area contributed by atoms with E-state index in [0.717, 1.165) is 22.9 Å². The summed E-state index contributed by atoms with van der Waals surface area (Å²) >= 11 is 5.93. The van der Waals surface area contributed by atoms with Crippen LogP contribution in [0.15, 0.2) is 48.5 Å². The predicted octanol–water partition coefficient (Wildman–Crippen LogP) is 3.11. The zero-order chi connectivity index (χ0) is 16.2. The Balaban J connectivity index is 1.63. The molecule has 6 heteroatoms. The van der Waals surface area contributed by atoms with Gasteiger partial charge >= 0.3 is 0 Å². The number of nitrogens with one attached hydrogen (secondary N) is 2. The topological polar surface area (TPSA) is 83.8 Å². The Labute approximate surface area is 138 Å². The normalized spacial score (nSPS) is 12.3. The summed E-state index contributed by atoms with van der Waals surface area (Å²) in [6, 6.07) is 14.7. The van der Waals surface area contributed by atoms with Gasteiger partial charge in [-0.05, 0) is 36.6 Å². The molecule has 1 heterocycles. The molecule has 0 aliphatic heterocycles. The lowest BCUT2D eigenvalue weighted by Gasteiger charge is -2.11. The summed E-state index contributed by atoms with van der Waals surface area (Å²) in [5.41, 5.74) is 7.91. The number of nitrogens with two attached hydrogens (primary N) is 1. The Hall–Kier alpha value is -2.37. The maximum absolute atomic E-state index is 12.2. The Kier molecular flexibility index (Phi) is 4.60. The van der Waals surface area contributed by atoms with Crippen molar-refractivity contribution in [3.8, 4) is 0 Å². The zero-order valence-corrected chi connectivity index (χ0v) is 13.2. The van der Waals surface area contributed by atoms with E-state index in [2.05, 4.69) is 15.5 Å². The molecular formula is C17H17ClN4O. The van der Waals surface area contributed by atoms with E-state index < -0.39 is 6.04 Å². The molecule has 0 aliphatic carbocycles. The third kappa shape index (κ3) is 3.70. The molecule has 2 aromatic carbocycles. The first kappa shape index (κ1) is 15.5. The van der Waals surface area contributed by atoms with Crippen molar-refractivity contribution in [2.45, 2.75) is 18.9 Å². The monoisotopic (exact) mass is 328 g/mol. The lowest BCUT2D eigenvalue weighted by Crippen LogP contribution is -2.36. The molecule has 1 unspecified atom stereocenters. The molecule has 1 amide bonds. The van der Waals surface area contributed by atoms with E-state index in [4.69, 9.17) is 17.3 Å². The molecule has 1 aromatic heterocycles. The molecule has 3 aromatic rings. The number of anilines is 1. The zero-order valence-electron chi connectivity index (χ0n) is 12.4. The summed E-state index contributed by atoms with van der Waals surface area (Å²) < 4.78 is 0. The minimum absolute atomic E-state index is 0.246. The van der Waals surface area contributed by atoms with Gasteiger partial charge < -0.3 is 11.1 Å². The lowest BCUT2D eigenvalue weighted by molar-refractivity contribution is -0.117. The SMILES string of the molecule is NC(CCc1ccccc1)C(=O)Nc1n[nH]c2cc(Cl)ccc12. The van der Waals surface area contributed by atoms with E-state index in [1.54, 1.807) is 12.1 Å². The third-order valence-corrected chi connectivity index (χ3v) is 3.93. The van der Waals surface area contributed by atoms with Gasteiger partial charge in [0.05, 0.1) is 11.6 Å². The van der Waals surface area contributed by atoms with Crippen LogP contribution in [-0.2, 0) is 11.2 Å². The van der Waals surface area contributed by atoms with Gasteiger partial charge in [0, 0.05) is 10.4 Å². The Bertz CT molecular complexity index is 816. The number of hydrogen-bond acceptors (Lipinski definition) is 3. The van der Waals surface area contributed by atoms with E-state index in [9.17, 15) is 4.79 Å². The van der Waals surface area contributed by atoms with Crippen molar-refractivity contribution in [2.24, 2.45) is 5.73 Å². The number of aryl methyl sites for hydroxylation is 1. The van der Waals surface area contributed by atoms with Gasteiger partial charge in [0.1, 0.15) is 0 Å². The molecular weight excluding hydrogens is 312 g/mol. The summed E-state index contributed by atoms with van der Waals surface area (Å²) in [7, 11) is 0. The largest absolute Gasteiger partial charge is 0.320 e. The van der Waals surface area contributed by atoms with Crippen LogP contribution in [0.5, 0.6) is 0 Å². The van der Waals surface area contributed by atoms with Crippen LogP contribution in [0.4, 0.5) is 5.82 Å². The van der Waals surface area contributed by atoms with Crippen LogP contribution in [0.1, 0.15) is 12.0 Å². The van der Waals surface area contributed by atoms with Crippen molar-refractivity contribution in [1.29, 1.82) is 0 Å². The highest BCUT2D eigenvalue weighted by atomic mass is 35.5. The summed E-state index contributed by atoms with van der Waals surface area (Å²) in [4.78, 5) is 12.2. The van der Waals surface area contributed by atoms with Crippen molar-refractivity contribution >= 4 is 34.2 Å². The minimum Gasteiger partial charge on any atom is -0.320 e. The first-order valence-corrected chi connectivity index (χ1v) is 7.75. The average Bonchev–Trinajstić information content (AvgIpc) is 2.95. The molecule has 4 N–H and O–H groups in total. The predicted molar refractivity (Wildman–Crippen MR) is 92.5 cm³/mol. The van der Waals surface area contributed by atoms with Gasteiger partial charge in [-0.2, -0.15) is 5.10 Å². The number of carbonyl (C=O) groups excluding carboxylic acids is 1. The number of aromatic amines is 1. The fourth-order valence-electron chi connectivity index (χ4n) is 2.39. The highest BCUT2D eigenvalue weighted by Crippen LogP contribution is 2.23. The van der Waals surface area contributed by atoms with Gasteiger partial charge in [-0.15, -0.1) is 0 Å². The minimum atomic E-state index is -0.589. The van der Waals surface area contributed by atoms with Gasteiger partial charge in [-0.1, -0.05) is 41.9 Å². The molecule has 0 saturated heterocycles. The van der Waals surface area contributed by atoms with Crippen molar-refractivity contribution < 1.29 is 4.79 Å². The lowest BCUT2D eigenvalue weighted by atomic mass is 10.1. The first-order chi connectivity index (χ1) is 11.1. The molecule has 0 radical (unpaired) electrons. The maximum Gasteiger partial charge on any atom is 0.242 e. The Morgan fingerprint density at radius 1 is 1.26 bits per heavy atom. The second-order valence-corrected chi connectivity index (χ2v) is 5.82. The van der Waals surface area contributed by atoms with E-state index in [1.165, 1.54) is 0 Å². The van der Waals surface area contributed by atoms with Gasteiger partial charge in [0.25, 0.3) is 0 Å². The number of carbonyl (C=O) groups is 1. The first-order valence-electron chi connectivity index (χ1n) is 7.37. The van der Waals surface area contributed by atoms with Crippen LogP contribution in [0, 0.1) is 0 Å². The van der Waals surface area contributed by atoms with Gasteiger partial charge in [-0.25, -0.2) is 0 Å². The van der Waals surface area contributed by atoms with Crippen LogP contribution in [-0.4, -0.2) is 22.1 Å². The van der Waals surface area contributed by atoms with Crippen LogP contribution >= 0.6 is 11.6 Å². The molecule has 0 fully saturated rings. The molecule has 23 heavy (non-hydrogen) atoms. The van der Waals surface area contributed by atoms with Crippen molar-refractivity contribution in [3.05, 3.63) is 59.1 Å². The van der Waals surface area contributed by atoms with E-state index >= 15 is 0 Å². The number of halogens is 1. The average molecular weight is 329 g/mol. The smallest absolute Gasteiger partial charge is 0.242 e. The fraction of sp³-hybridized carbons (Fsp3) is 0.176. The number of nitrogens with zero attached hydrogens (tertiary/aromatic N) is 1. The van der Waals surface area contributed by atoms with Crippen LogP contribution in [0.2, 0.25) is 5.02 Å². The highest BCUT2D eigenvalue weighted by molar-refractivity contribution is 6.31. The van der Waals surface area contributed by atoms with Crippen LogP contribution in [0.25, 0.3) is 10.9 Å². The standard InChI is InChI=1S/C17H17ClN4O/c18-12-7-8-13-15(10-12)21-22-16(13)20-17(23)14(19)9-6-11-4-2-1-3-5-11/h1-5,7-8,10,14H,6,9,19H2,(H2,20,21,22,23). The number of rotatable bonds is 5. The molecule has 0 spiro atoms. The molecule has 3 rings (SSSR count). The van der Waals surface area contributed by atoms with E-state index in [-0.39, 0.29) is 5.91 Å². The summed E-state index contributed by atoms with van der Waals surface area (Å²) in [6.45, 7) is 0. The Morgan fingerprint density at radius 3 is 2.83 bits per heavy atom. The number of amides is 1. The maximum atomic E-state index is 12.2. The number of fused-ring (bicyclic) bond motifs is 1. The van der Waals surface area contributed by atoms with E-state index in [1.807, 2.05) is 36.4 Å². The molecule has 5 nitrogen and oxygen atoms in total. The third-order valence-electron chi connectivity index (χ3n) is 3.69. The second-order valence-electron chi connectivity index (χ2n) is 5.38. The molecule has 1 atom stereocenters. The van der Waals surface area contributed by atoms with Gasteiger partial charge in [0.2, 0.25) is 5.91 Å². The molecule has 0 bridgehead atoms. The summed E-state index contributed by atoms with van der Waals surface area (Å²) in [6.07, 6.45) is 1.33. The van der Waals surface area contributed by atoms with Crippen molar-refractivity contribution in [2.75, 3.05) is 5.32 Å². The summed E-state index contributed by atoms with van der Waals surface area (Å²) in [5.74, 6) is 0.223. The molecule has 0 aliphatic rings. The fourth-order valence-corrected chi connectivity index (χ4v) is 2.57. The Morgan fingerprint density at radius 2 is 2.04 bits per heavy atom. The summed E-state index contributed by atoms with van der Waals surface area (Å²) in [5, 5.41) is 11.1. The number of H-pyrrole nitrogens is 1. The number of benzene rings is 2. The molecule has 118 valence electrons. The number of aromatic nitrogens is 2. The second kappa shape index (κ2) is 6.81. The van der Waals surface area contributed by atoms with Crippen molar-refractivity contribution in [1.82, 2.24) is 10.2 Å². The van der Waals surface area contributed by atoms with E-state index in [0.29, 0.717) is 17.3 Å². The van der Waals surface area contributed by atoms with Gasteiger partial charge in [0.15, 0.2) is 5.82 Å². The molecule has 0 saturated carbocycles. The van der Waals surface area contributed by atoms with Crippen LogP contribution in [0.3, 0.4) is 0 Å².